The second-order valence-electron chi connectivity index (χ2n) is 10.2. The molecule has 13 heteroatoms. The second-order valence-corrected chi connectivity index (χ2v) is 11.0. The molecule has 7 nitrogen and oxygen atoms in total. The molecule has 1 N–H and O–H groups in total. The number of oxime groups is 1. The van der Waals surface area contributed by atoms with Crippen molar-refractivity contribution in [2.24, 2.45) is 5.16 Å². The molecule has 1 saturated carbocycles. The summed E-state index contributed by atoms with van der Waals surface area (Å²) >= 11 is 11.5. The third-order valence-electron chi connectivity index (χ3n) is 7.54. The third kappa shape index (κ3) is 3.77. The molecule has 6 rings (SSSR count). The number of carbonyl (C=O) groups is 2. The molecule has 1 spiro atoms. The van der Waals surface area contributed by atoms with E-state index in [1.54, 1.807) is 6.07 Å². The van der Waals surface area contributed by atoms with Gasteiger partial charge in [0, 0.05) is 23.1 Å². The number of nitrogens with zero attached hydrogens (tertiary/aromatic N) is 2. The number of esters is 1. The minimum absolute atomic E-state index is 0.00802. The number of hydrogen-bond donors (Lipinski definition) is 1. The van der Waals surface area contributed by atoms with Gasteiger partial charge >= 0.3 is 12.1 Å². The van der Waals surface area contributed by atoms with Gasteiger partial charge in [-0.15, -0.1) is 0 Å². The van der Waals surface area contributed by atoms with Gasteiger partial charge in [-0.3, -0.25) is 4.79 Å². The first-order chi connectivity index (χ1) is 17.8. The molecule has 1 atom stereocenters. The van der Waals surface area contributed by atoms with Gasteiger partial charge in [0.05, 0.1) is 46.4 Å². The van der Waals surface area contributed by atoms with Crippen LogP contribution in [0.1, 0.15) is 52.7 Å². The lowest BCUT2D eigenvalue weighted by atomic mass is 9.82. The summed E-state index contributed by atoms with van der Waals surface area (Å²) in [6, 6.07) is 6.03. The van der Waals surface area contributed by atoms with E-state index < -0.39 is 56.8 Å². The van der Waals surface area contributed by atoms with Crippen molar-refractivity contribution < 1.29 is 41.8 Å². The van der Waals surface area contributed by atoms with Crippen LogP contribution in [0.2, 0.25) is 10.0 Å². The minimum Gasteiger partial charge on any atom is -0.447 e. The highest BCUT2D eigenvalue weighted by atomic mass is 35.5. The number of ether oxygens (including phenoxy) is 1. The van der Waals surface area contributed by atoms with Crippen molar-refractivity contribution >= 4 is 40.8 Å². The molecule has 1 unspecified atom stereocenters. The molecule has 4 aliphatic rings. The second kappa shape index (κ2) is 8.06. The summed E-state index contributed by atoms with van der Waals surface area (Å²) in [5, 5.41) is 12.5. The number of aliphatic hydroxyl groups is 1. The van der Waals surface area contributed by atoms with Gasteiger partial charge in [0.25, 0.3) is 5.60 Å². The van der Waals surface area contributed by atoms with Crippen LogP contribution in [0.3, 0.4) is 0 Å². The van der Waals surface area contributed by atoms with Crippen molar-refractivity contribution in [3.8, 4) is 0 Å². The predicted octanol–water partition coefficient (Wildman–Crippen LogP) is 4.84. The van der Waals surface area contributed by atoms with E-state index in [1.165, 1.54) is 17.0 Å². The summed E-state index contributed by atoms with van der Waals surface area (Å²) in [7, 11) is 0. The molecular formula is C25H18Cl2F4N2O5. The Balaban J connectivity index is 1.25. The maximum atomic E-state index is 14.3. The van der Waals surface area contributed by atoms with Gasteiger partial charge in [-0.05, 0) is 31.0 Å². The van der Waals surface area contributed by atoms with Crippen LogP contribution in [0, 0.1) is 5.82 Å². The number of hydrogen-bond acceptors (Lipinski definition) is 6. The lowest BCUT2D eigenvalue weighted by Gasteiger charge is -2.46. The van der Waals surface area contributed by atoms with Crippen LogP contribution in [-0.2, 0) is 25.6 Å². The Morgan fingerprint density at radius 1 is 1.13 bits per heavy atom. The fraction of sp³-hybridized carbons (Fsp3) is 0.400. The monoisotopic (exact) mass is 572 g/mol. The normalized spacial score (nSPS) is 24.4. The summed E-state index contributed by atoms with van der Waals surface area (Å²) in [5.74, 6) is -1.97. The lowest BCUT2D eigenvalue weighted by molar-refractivity contribution is -0.275. The molecule has 0 aromatic heterocycles. The fourth-order valence-electron chi connectivity index (χ4n) is 5.12. The van der Waals surface area contributed by atoms with Gasteiger partial charge in [0.1, 0.15) is 0 Å². The molecule has 1 amide bonds. The van der Waals surface area contributed by atoms with Crippen molar-refractivity contribution in [1.82, 2.24) is 4.90 Å². The molecular weight excluding hydrogens is 555 g/mol. The smallest absolute Gasteiger partial charge is 0.435 e. The first-order valence-corrected chi connectivity index (χ1v) is 12.4. The Hall–Kier alpha value is -2.89. The van der Waals surface area contributed by atoms with E-state index in [4.69, 9.17) is 32.8 Å². The van der Waals surface area contributed by atoms with Crippen molar-refractivity contribution in [3.05, 3.63) is 68.4 Å². The Kier molecular flexibility index (Phi) is 5.39. The zero-order chi connectivity index (χ0) is 27.3. The average molecular weight is 573 g/mol. The Morgan fingerprint density at radius 3 is 2.39 bits per heavy atom. The van der Waals surface area contributed by atoms with Crippen molar-refractivity contribution in [2.75, 3.05) is 13.1 Å². The lowest BCUT2D eigenvalue weighted by Crippen LogP contribution is -2.61. The molecule has 2 aromatic carbocycles. The summed E-state index contributed by atoms with van der Waals surface area (Å²) < 4.78 is 62.4. The van der Waals surface area contributed by atoms with Gasteiger partial charge < -0.3 is 19.6 Å². The number of halogens is 6. The standard InChI is InChI=1S/C25H18Cl2F4N2O5/c26-16-6-13(7-17(27)20(16)28)24(25(29,30)31)8-18(32-38-24)12-1-2-15-14(5-12)21(35)37-23(15)10-33(11-23)19(34)9-22(36)3-4-22/h1-2,5-7,36H,3-4,8-11H2. The van der Waals surface area contributed by atoms with E-state index >= 15 is 0 Å². The van der Waals surface area contributed by atoms with E-state index in [-0.39, 0.29) is 42.3 Å². The first-order valence-electron chi connectivity index (χ1n) is 11.6. The average Bonchev–Trinajstić information content (AvgIpc) is 3.25. The highest BCUT2D eigenvalue weighted by molar-refractivity contribution is 6.35. The van der Waals surface area contributed by atoms with Crippen LogP contribution in [0.5, 0.6) is 0 Å². The summed E-state index contributed by atoms with van der Waals surface area (Å²) in [4.78, 5) is 31.6. The molecule has 0 radical (unpaired) electrons. The maximum Gasteiger partial charge on any atom is 0.435 e. The molecule has 38 heavy (non-hydrogen) atoms. The molecule has 2 aromatic rings. The van der Waals surface area contributed by atoms with E-state index in [9.17, 15) is 32.3 Å². The van der Waals surface area contributed by atoms with Crippen LogP contribution >= 0.6 is 23.2 Å². The highest BCUT2D eigenvalue weighted by Gasteiger charge is 2.63. The number of alkyl halides is 3. The zero-order valence-corrected chi connectivity index (χ0v) is 20.9. The number of amides is 1. The van der Waals surface area contributed by atoms with Gasteiger partial charge in [-0.1, -0.05) is 40.5 Å². The molecule has 3 aliphatic heterocycles. The number of likely N-dealkylation sites (tertiary alicyclic amines) is 1. The van der Waals surface area contributed by atoms with Crippen LogP contribution in [0.25, 0.3) is 0 Å². The quantitative estimate of drug-likeness (QED) is 0.322. The van der Waals surface area contributed by atoms with Crippen LogP contribution in [0.15, 0.2) is 35.5 Å². The summed E-state index contributed by atoms with van der Waals surface area (Å²) in [5.41, 5.74) is -4.71. The van der Waals surface area contributed by atoms with Gasteiger partial charge in [0.15, 0.2) is 11.4 Å². The molecule has 3 heterocycles. The molecule has 200 valence electrons. The first kappa shape index (κ1) is 25.4. The van der Waals surface area contributed by atoms with Gasteiger partial charge in [0.2, 0.25) is 5.91 Å². The molecule has 2 fully saturated rings. The van der Waals surface area contributed by atoms with Gasteiger partial charge in [-0.2, -0.15) is 13.2 Å². The van der Waals surface area contributed by atoms with E-state index in [0.717, 1.165) is 12.1 Å². The predicted molar refractivity (Wildman–Crippen MR) is 125 cm³/mol. The Bertz CT molecular complexity index is 1410. The number of carbonyl (C=O) groups excluding carboxylic acids is 2. The number of rotatable bonds is 4. The van der Waals surface area contributed by atoms with E-state index in [0.29, 0.717) is 18.4 Å². The topological polar surface area (TPSA) is 88.4 Å². The summed E-state index contributed by atoms with van der Waals surface area (Å²) in [6.45, 7) is 0.237. The van der Waals surface area contributed by atoms with Crippen LogP contribution in [-0.4, -0.2) is 52.5 Å². The van der Waals surface area contributed by atoms with Gasteiger partial charge in [-0.25, -0.2) is 9.18 Å². The molecule has 1 aliphatic carbocycles. The SMILES string of the molecule is O=C1OC2(CN(C(=O)CC3(O)CC3)C2)c2ccc(C3=NOC(c4cc(Cl)c(F)c(Cl)c4)(C(F)(F)F)C3)cc21. The molecule has 1 saturated heterocycles. The van der Waals surface area contributed by atoms with Crippen molar-refractivity contribution in [2.45, 2.75) is 48.7 Å². The van der Waals surface area contributed by atoms with E-state index in [2.05, 4.69) is 5.16 Å². The maximum absolute atomic E-state index is 14.3. The highest BCUT2D eigenvalue weighted by Crippen LogP contribution is 2.51. The zero-order valence-electron chi connectivity index (χ0n) is 19.4. The van der Waals surface area contributed by atoms with Crippen molar-refractivity contribution in [1.29, 1.82) is 0 Å². The van der Waals surface area contributed by atoms with Crippen molar-refractivity contribution in [3.63, 3.8) is 0 Å². The largest absolute Gasteiger partial charge is 0.447 e. The fourth-order valence-corrected chi connectivity index (χ4v) is 5.61. The minimum atomic E-state index is -4.97. The number of benzene rings is 2. The van der Waals surface area contributed by atoms with E-state index in [1.807, 2.05) is 0 Å². The number of fused-ring (bicyclic) bond motifs is 2. The molecule has 0 bridgehead atoms. The summed E-state index contributed by atoms with van der Waals surface area (Å²) in [6.07, 6.45) is -4.60. The Morgan fingerprint density at radius 2 is 1.79 bits per heavy atom. The Labute approximate surface area is 222 Å². The third-order valence-corrected chi connectivity index (χ3v) is 8.09. The van der Waals surface area contributed by atoms with Crippen LogP contribution < -0.4 is 0 Å². The van der Waals surface area contributed by atoms with Crippen LogP contribution in [0.4, 0.5) is 17.6 Å².